The number of nitrogens with one attached hydrogen (secondary N) is 3. The van der Waals surface area contributed by atoms with Crippen LogP contribution in [-0.4, -0.2) is 95.0 Å². The van der Waals surface area contributed by atoms with Crippen LogP contribution in [0.2, 0.25) is 10.0 Å². The van der Waals surface area contributed by atoms with Crippen molar-refractivity contribution in [2.24, 2.45) is 0 Å². The van der Waals surface area contributed by atoms with E-state index in [0.717, 1.165) is 42.9 Å². The number of halogens is 2. The van der Waals surface area contributed by atoms with Gasteiger partial charge < -0.3 is 20.3 Å². The Morgan fingerprint density at radius 1 is 0.983 bits per heavy atom. The molecule has 16 heteroatoms. The Hall–Kier alpha value is -4.78. The first-order chi connectivity index (χ1) is 27.6. The van der Waals surface area contributed by atoms with Gasteiger partial charge in [-0.05, 0) is 125 Å². The monoisotopic (exact) mass is 844 g/mol. The lowest BCUT2D eigenvalue weighted by Crippen LogP contribution is -2.58. The molecule has 3 aromatic carbocycles. The van der Waals surface area contributed by atoms with E-state index in [1.807, 2.05) is 30.9 Å². The number of ether oxygens (including phenoxy) is 1. The van der Waals surface area contributed by atoms with E-state index in [1.165, 1.54) is 4.90 Å². The van der Waals surface area contributed by atoms with Crippen molar-refractivity contribution in [2.75, 3.05) is 53.2 Å². The lowest BCUT2D eigenvalue weighted by Gasteiger charge is -2.44. The molecule has 3 N–H and O–H groups in total. The van der Waals surface area contributed by atoms with Crippen molar-refractivity contribution in [3.05, 3.63) is 75.8 Å². The maximum Gasteiger partial charge on any atom is 0.259 e. The third kappa shape index (κ3) is 8.79. The molecule has 58 heavy (non-hydrogen) atoms. The van der Waals surface area contributed by atoms with Gasteiger partial charge in [-0.15, -0.1) is 0 Å². The number of nitrogens with zero attached hydrogens (tertiary/aromatic N) is 5. The molecule has 1 saturated carbocycles. The first-order valence-electron chi connectivity index (χ1n) is 19.5. The zero-order valence-electron chi connectivity index (χ0n) is 32.8. The average molecular weight is 846 g/mol. The Kier molecular flexibility index (Phi) is 12.0. The van der Waals surface area contributed by atoms with Gasteiger partial charge in [0.2, 0.25) is 17.7 Å². The van der Waals surface area contributed by atoms with Crippen LogP contribution >= 0.6 is 35.4 Å². The number of benzene rings is 3. The highest BCUT2D eigenvalue weighted by Gasteiger charge is 2.50. The molecule has 3 atom stereocenters. The Morgan fingerprint density at radius 3 is 2.36 bits per heavy atom. The average Bonchev–Trinajstić information content (AvgIpc) is 3.98. The molecule has 3 aromatic rings. The highest BCUT2D eigenvalue weighted by Crippen LogP contribution is 2.47. The Bertz CT molecular complexity index is 2200. The van der Waals surface area contributed by atoms with E-state index in [1.54, 1.807) is 36.4 Å². The number of hydrogen-bond donors (Lipinski definition) is 3. The summed E-state index contributed by atoms with van der Waals surface area (Å²) in [5, 5.41) is 18.7. The van der Waals surface area contributed by atoms with E-state index in [-0.39, 0.29) is 53.7 Å². The van der Waals surface area contributed by atoms with Crippen molar-refractivity contribution in [1.82, 2.24) is 15.1 Å². The summed E-state index contributed by atoms with van der Waals surface area (Å²) in [6, 6.07) is 17.7. The van der Waals surface area contributed by atoms with Crippen molar-refractivity contribution in [3.63, 3.8) is 0 Å². The van der Waals surface area contributed by atoms with Crippen LogP contribution in [0.4, 0.5) is 22.7 Å². The zero-order chi connectivity index (χ0) is 41.5. The standard InChI is InChI=1S/C42H46Cl2N8O5S/c1-24-21-49(22-25(2)50(24)23-38(54)47-30-16-28(43)15-29(17-30)46-35-10-12-37(53)48-39(35)55)13-14-57-36-11-9-32(18-33(36)26-5-6-26)52-41(58)51(40(56)42(52,3)4)31-8-7-27(20-45)34(44)19-31/h7-9,11,15-19,24-26,35,46H,5-6,10,12-14,21-23H2,1-4H3,(H,47,54)(H,48,53,55)/t24-,25+,35?. The predicted octanol–water partition coefficient (Wildman–Crippen LogP) is 6.29. The second-order valence-electron chi connectivity index (χ2n) is 16.0. The summed E-state index contributed by atoms with van der Waals surface area (Å²) in [6.45, 7) is 10.9. The Morgan fingerprint density at radius 2 is 1.69 bits per heavy atom. The summed E-state index contributed by atoms with van der Waals surface area (Å²) in [4.78, 5) is 58.7. The molecule has 3 saturated heterocycles. The first-order valence-corrected chi connectivity index (χ1v) is 20.6. The van der Waals surface area contributed by atoms with E-state index in [4.69, 9.17) is 40.2 Å². The fraction of sp³-hybridized carbons (Fsp3) is 0.429. The molecule has 4 amide bonds. The topological polar surface area (TPSA) is 150 Å². The highest BCUT2D eigenvalue weighted by atomic mass is 35.5. The van der Waals surface area contributed by atoms with Crippen molar-refractivity contribution >= 4 is 86.9 Å². The zero-order valence-corrected chi connectivity index (χ0v) is 35.1. The van der Waals surface area contributed by atoms with Gasteiger partial charge >= 0.3 is 0 Å². The summed E-state index contributed by atoms with van der Waals surface area (Å²) in [6.07, 6.45) is 2.74. The summed E-state index contributed by atoms with van der Waals surface area (Å²) >= 11 is 18.6. The van der Waals surface area contributed by atoms with Crippen molar-refractivity contribution in [2.45, 2.75) is 83.0 Å². The molecule has 13 nitrogen and oxygen atoms in total. The normalized spacial score (nSPS) is 22.5. The number of carbonyl (C=O) groups is 4. The minimum Gasteiger partial charge on any atom is -0.492 e. The molecule has 0 radical (unpaired) electrons. The number of piperazine rings is 1. The van der Waals surface area contributed by atoms with Gasteiger partial charge in [-0.25, -0.2) is 0 Å². The SMILES string of the molecule is C[C@@H]1CN(CCOc2ccc(N3C(=S)N(c4ccc(C#N)c(Cl)c4)C(=O)C3(C)C)cc2C2CC2)C[C@H](C)N1CC(=O)Nc1cc(Cl)cc(NC2CCC(=O)NC2=O)c1. The molecule has 3 aliphatic heterocycles. The molecule has 304 valence electrons. The number of imide groups is 1. The van der Waals surface area contributed by atoms with E-state index in [2.05, 4.69) is 51.7 Å². The maximum atomic E-state index is 13.8. The van der Waals surface area contributed by atoms with Gasteiger partial charge in [0.1, 0.15) is 30.0 Å². The van der Waals surface area contributed by atoms with Gasteiger partial charge in [0.15, 0.2) is 5.11 Å². The lowest BCUT2D eigenvalue weighted by molar-refractivity contribution is -0.133. The molecule has 0 aromatic heterocycles. The molecule has 1 aliphatic carbocycles. The number of thiocarbonyl (C=S) groups is 1. The second kappa shape index (κ2) is 16.8. The summed E-state index contributed by atoms with van der Waals surface area (Å²) in [7, 11) is 0. The third-order valence-electron chi connectivity index (χ3n) is 11.2. The van der Waals surface area contributed by atoms with Gasteiger partial charge in [0, 0.05) is 60.2 Å². The fourth-order valence-electron chi connectivity index (χ4n) is 8.10. The number of amides is 4. The van der Waals surface area contributed by atoms with Crippen LogP contribution in [0.5, 0.6) is 5.75 Å². The molecule has 4 fully saturated rings. The summed E-state index contributed by atoms with van der Waals surface area (Å²) in [5.74, 6) is 0.154. The number of anilines is 4. The van der Waals surface area contributed by atoms with Gasteiger partial charge in [-0.1, -0.05) is 23.2 Å². The van der Waals surface area contributed by atoms with Crippen LogP contribution in [0.25, 0.3) is 0 Å². The maximum absolute atomic E-state index is 13.8. The number of nitriles is 1. The molecular weight excluding hydrogens is 799 g/mol. The molecule has 7 rings (SSSR count). The summed E-state index contributed by atoms with van der Waals surface area (Å²) in [5.41, 5.74) is 2.86. The minimum absolute atomic E-state index is 0.107. The van der Waals surface area contributed by atoms with Crippen molar-refractivity contribution < 1.29 is 23.9 Å². The smallest absolute Gasteiger partial charge is 0.259 e. The number of hydrogen-bond acceptors (Lipinski definition) is 10. The fourth-order valence-corrected chi connectivity index (χ4v) is 9.07. The first kappa shape index (κ1) is 41.4. The van der Waals surface area contributed by atoms with E-state index < -0.39 is 11.6 Å². The Labute approximate surface area is 353 Å². The largest absolute Gasteiger partial charge is 0.492 e. The quantitative estimate of drug-likeness (QED) is 0.140. The van der Waals surface area contributed by atoms with Crippen LogP contribution in [0.15, 0.2) is 54.6 Å². The van der Waals surface area contributed by atoms with E-state index >= 15 is 0 Å². The minimum atomic E-state index is -0.966. The van der Waals surface area contributed by atoms with Crippen LogP contribution in [0, 0.1) is 11.3 Å². The summed E-state index contributed by atoms with van der Waals surface area (Å²) < 4.78 is 6.45. The van der Waals surface area contributed by atoms with E-state index in [0.29, 0.717) is 58.3 Å². The van der Waals surface area contributed by atoms with Gasteiger partial charge in [-0.2, -0.15) is 5.26 Å². The number of rotatable bonds is 12. The van der Waals surface area contributed by atoms with Crippen molar-refractivity contribution in [3.8, 4) is 11.8 Å². The highest BCUT2D eigenvalue weighted by molar-refractivity contribution is 7.81. The molecule has 3 heterocycles. The molecule has 1 unspecified atom stereocenters. The van der Waals surface area contributed by atoms with Crippen LogP contribution < -0.4 is 30.5 Å². The van der Waals surface area contributed by atoms with Crippen LogP contribution in [-0.2, 0) is 19.2 Å². The predicted molar refractivity (Wildman–Crippen MR) is 229 cm³/mol. The molecule has 0 bridgehead atoms. The van der Waals surface area contributed by atoms with Crippen LogP contribution in [0.1, 0.15) is 70.4 Å². The molecule has 4 aliphatic rings. The molecule has 0 spiro atoms. The van der Waals surface area contributed by atoms with E-state index in [9.17, 15) is 24.4 Å². The van der Waals surface area contributed by atoms with Crippen molar-refractivity contribution in [1.29, 1.82) is 5.26 Å². The second-order valence-corrected chi connectivity index (χ2v) is 17.2. The lowest BCUT2D eigenvalue weighted by atomic mass is 10.0. The molecular formula is C42H46Cl2N8O5S. The van der Waals surface area contributed by atoms with Crippen LogP contribution in [0.3, 0.4) is 0 Å². The van der Waals surface area contributed by atoms with Gasteiger partial charge in [0.05, 0.1) is 22.8 Å². The third-order valence-corrected chi connectivity index (χ3v) is 12.1. The number of piperidine rings is 1. The van der Waals surface area contributed by atoms with Gasteiger partial charge in [-0.3, -0.25) is 39.2 Å². The van der Waals surface area contributed by atoms with Gasteiger partial charge in [0.25, 0.3) is 5.91 Å². The number of carbonyl (C=O) groups excluding carboxylic acids is 4. The Balaban J connectivity index is 0.937.